The van der Waals surface area contributed by atoms with Crippen LogP contribution in [0.15, 0.2) is 59.8 Å². The lowest BCUT2D eigenvalue weighted by molar-refractivity contribution is -0.119. The van der Waals surface area contributed by atoms with Crippen LogP contribution in [0.25, 0.3) is 16.8 Å². The molecule has 1 N–H and O–H groups in total. The number of imidazole rings is 1. The maximum Gasteiger partial charge on any atom is 0.356 e. The Hall–Kier alpha value is -4.42. The van der Waals surface area contributed by atoms with Gasteiger partial charge in [-0.2, -0.15) is 5.26 Å². The molecule has 3 aromatic heterocycles. The van der Waals surface area contributed by atoms with Crippen LogP contribution in [0.1, 0.15) is 21.6 Å². The fourth-order valence-corrected chi connectivity index (χ4v) is 3.78. The highest BCUT2D eigenvalue weighted by molar-refractivity contribution is 6.31. The number of carboxylic acid groups (broad SMARTS) is 1. The molecule has 0 radical (unpaired) electrons. The Balaban J connectivity index is 1.60. The average molecular weight is 477 g/mol. The quantitative estimate of drug-likeness (QED) is 0.434. The van der Waals surface area contributed by atoms with E-state index in [0.29, 0.717) is 38.7 Å². The molecule has 0 saturated heterocycles. The molecule has 170 valence electrons. The summed E-state index contributed by atoms with van der Waals surface area (Å²) < 4.78 is 8.19. The van der Waals surface area contributed by atoms with Gasteiger partial charge in [-0.15, -0.1) is 0 Å². The molecular weight excluding hydrogens is 460 g/mol. The molecule has 0 fully saturated rings. The van der Waals surface area contributed by atoms with Gasteiger partial charge in [0.15, 0.2) is 11.5 Å². The zero-order chi connectivity index (χ0) is 24.4. The number of halogens is 1. The molecule has 0 aliphatic carbocycles. The first kappa shape index (κ1) is 22.8. The molecule has 0 aliphatic rings. The lowest BCUT2D eigenvalue weighted by Gasteiger charge is -2.13. The Morgan fingerprint density at radius 2 is 1.94 bits per heavy atom. The number of nitriles is 1. The number of ketones is 1. The molecule has 0 aliphatic heterocycles. The van der Waals surface area contributed by atoms with Gasteiger partial charge >= 0.3 is 5.97 Å². The van der Waals surface area contributed by atoms with Crippen LogP contribution in [0, 0.1) is 11.3 Å². The van der Waals surface area contributed by atoms with E-state index in [4.69, 9.17) is 21.4 Å². The largest absolute Gasteiger partial charge is 0.495 e. The molecule has 0 bridgehead atoms. The predicted molar refractivity (Wildman–Crippen MR) is 123 cm³/mol. The monoisotopic (exact) mass is 476 g/mol. The number of rotatable bonds is 7. The van der Waals surface area contributed by atoms with Crippen molar-refractivity contribution < 1.29 is 19.4 Å². The zero-order valence-corrected chi connectivity index (χ0v) is 18.6. The Kier molecular flexibility index (Phi) is 6.17. The topological polar surface area (TPSA) is 127 Å². The number of carboxylic acids is 1. The third kappa shape index (κ3) is 4.53. The van der Waals surface area contributed by atoms with Crippen molar-refractivity contribution in [3.63, 3.8) is 0 Å². The van der Waals surface area contributed by atoms with Crippen molar-refractivity contribution >= 4 is 29.0 Å². The van der Waals surface area contributed by atoms with Crippen molar-refractivity contribution in [2.24, 2.45) is 0 Å². The van der Waals surface area contributed by atoms with Gasteiger partial charge in [-0.05, 0) is 29.8 Å². The van der Waals surface area contributed by atoms with Crippen LogP contribution in [0.5, 0.6) is 5.75 Å². The minimum Gasteiger partial charge on any atom is -0.495 e. The van der Waals surface area contributed by atoms with Gasteiger partial charge in [-0.1, -0.05) is 17.7 Å². The number of ether oxygens (including phenoxy) is 1. The molecule has 34 heavy (non-hydrogen) atoms. The number of carbonyl (C=O) groups is 2. The number of hydrogen-bond donors (Lipinski definition) is 1. The molecular formula is C24H17ClN4O5. The Morgan fingerprint density at radius 1 is 1.15 bits per heavy atom. The van der Waals surface area contributed by atoms with Crippen molar-refractivity contribution in [1.29, 1.82) is 5.26 Å². The van der Waals surface area contributed by atoms with Gasteiger partial charge in [0.25, 0.3) is 5.56 Å². The number of Topliss-reactive ketones (excluding diaryl/α,β-unsaturated/α-hetero) is 1. The smallest absolute Gasteiger partial charge is 0.356 e. The molecule has 0 amide bonds. The summed E-state index contributed by atoms with van der Waals surface area (Å²) >= 11 is 6.08. The number of aromatic carboxylic acids is 1. The van der Waals surface area contributed by atoms with Crippen molar-refractivity contribution in [2.75, 3.05) is 7.11 Å². The number of aromatic nitrogens is 3. The molecule has 0 spiro atoms. The fourth-order valence-electron chi connectivity index (χ4n) is 3.60. The summed E-state index contributed by atoms with van der Waals surface area (Å²) in [5.74, 6) is -1.07. The Labute approximate surface area is 198 Å². The van der Waals surface area contributed by atoms with E-state index in [1.807, 2.05) is 0 Å². The predicted octanol–water partition coefficient (Wildman–Crippen LogP) is 3.21. The number of pyridine rings is 2. The van der Waals surface area contributed by atoms with Crippen LogP contribution in [0.4, 0.5) is 0 Å². The third-order valence-electron chi connectivity index (χ3n) is 5.18. The number of nitrogens with zero attached hydrogens (tertiary/aromatic N) is 4. The van der Waals surface area contributed by atoms with Crippen molar-refractivity contribution in [2.45, 2.75) is 13.0 Å². The van der Waals surface area contributed by atoms with Crippen molar-refractivity contribution in [1.82, 2.24) is 14.0 Å². The van der Waals surface area contributed by atoms with Crippen LogP contribution in [-0.4, -0.2) is 37.9 Å². The number of hydrogen-bond acceptors (Lipinski definition) is 6. The third-order valence-corrected chi connectivity index (χ3v) is 5.42. The summed E-state index contributed by atoms with van der Waals surface area (Å²) in [7, 11) is 1.43. The summed E-state index contributed by atoms with van der Waals surface area (Å²) in [4.78, 5) is 40.5. The van der Waals surface area contributed by atoms with Crippen molar-refractivity contribution in [3.05, 3.63) is 87.2 Å². The van der Waals surface area contributed by atoms with E-state index >= 15 is 0 Å². The number of fused-ring (bicyclic) bond motifs is 1. The van der Waals surface area contributed by atoms with E-state index < -0.39 is 11.5 Å². The minimum atomic E-state index is -1.14. The number of carbonyl (C=O) groups excluding carboxylic acids is 1. The van der Waals surface area contributed by atoms with Crippen LogP contribution in [0.3, 0.4) is 0 Å². The van der Waals surface area contributed by atoms with Gasteiger partial charge in [0.2, 0.25) is 0 Å². The van der Waals surface area contributed by atoms with Gasteiger partial charge in [0.05, 0.1) is 31.5 Å². The lowest BCUT2D eigenvalue weighted by atomic mass is 10.0. The van der Waals surface area contributed by atoms with Gasteiger partial charge < -0.3 is 18.8 Å². The van der Waals surface area contributed by atoms with Gasteiger partial charge in [0.1, 0.15) is 11.4 Å². The summed E-state index contributed by atoms with van der Waals surface area (Å²) in [5.41, 5.74) is 1.73. The van der Waals surface area contributed by atoms with E-state index in [9.17, 15) is 19.6 Å². The van der Waals surface area contributed by atoms with E-state index in [1.54, 1.807) is 36.5 Å². The lowest BCUT2D eigenvalue weighted by Crippen LogP contribution is -2.24. The normalized spacial score (nSPS) is 10.7. The van der Waals surface area contributed by atoms with Crippen molar-refractivity contribution in [3.8, 4) is 22.9 Å². The first-order chi connectivity index (χ1) is 16.3. The fraction of sp³-hybridized carbons (Fsp3) is 0.125. The second kappa shape index (κ2) is 9.21. The molecule has 3 heterocycles. The van der Waals surface area contributed by atoms with Crippen LogP contribution >= 0.6 is 11.6 Å². The first-order valence-electron chi connectivity index (χ1n) is 10.00. The summed E-state index contributed by atoms with van der Waals surface area (Å²) in [6, 6.07) is 11.4. The Morgan fingerprint density at radius 3 is 2.65 bits per heavy atom. The van der Waals surface area contributed by atoms with Crippen LogP contribution < -0.4 is 10.3 Å². The summed E-state index contributed by atoms with van der Waals surface area (Å²) in [5, 5.41) is 18.9. The SMILES string of the molecule is COc1cn(CC(=O)Cc2ccc3nc(C(=O)O)cn3c2)c(=O)cc1-c1cc(Cl)ccc1C#N. The number of methoxy groups -OCH3 is 1. The number of benzene rings is 1. The van der Waals surface area contributed by atoms with Gasteiger partial charge in [-0.25, -0.2) is 9.78 Å². The second-order valence-corrected chi connectivity index (χ2v) is 7.91. The highest BCUT2D eigenvalue weighted by Gasteiger charge is 2.16. The molecule has 10 heteroatoms. The highest BCUT2D eigenvalue weighted by atomic mass is 35.5. The van der Waals surface area contributed by atoms with Crippen LogP contribution in [-0.2, 0) is 17.8 Å². The maximum atomic E-state index is 12.8. The second-order valence-electron chi connectivity index (χ2n) is 7.47. The summed E-state index contributed by atoms with van der Waals surface area (Å²) in [6.45, 7) is -0.196. The molecule has 4 aromatic rings. The van der Waals surface area contributed by atoms with E-state index in [1.165, 1.54) is 34.5 Å². The zero-order valence-electron chi connectivity index (χ0n) is 17.9. The summed E-state index contributed by atoms with van der Waals surface area (Å²) in [6.07, 6.45) is 4.45. The van der Waals surface area contributed by atoms with Crippen LogP contribution in [0.2, 0.25) is 5.02 Å². The van der Waals surface area contributed by atoms with Gasteiger partial charge in [-0.3, -0.25) is 9.59 Å². The van der Waals surface area contributed by atoms with E-state index in [-0.39, 0.29) is 24.4 Å². The maximum absolute atomic E-state index is 12.8. The standard InChI is InChI=1S/C24H17ClN4O5/c1-34-21-13-29(23(31)8-19(21)18-7-16(25)4-3-15(18)9-26)11-17(30)6-14-2-5-22-27-20(24(32)33)12-28(22)10-14/h2-5,7-8,10,12-13H,6,11H2,1H3,(H,32,33). The molecule has 1 aromatic carbocycles. The highest BCUT2D eigenvalue weighted by Crippen LogP contribution is 2.32. The van der Waals surface area contributed by atoms with E-state index in [2.05, 4.69) is 11.1 Å². The average Bonchev–Trinajstić information content (AvgIpc) is 3.24. The van der Waals surface area contributed by atoms with Gasteiger partial charge in [0, 0.05) is 41.0 Å². The minimum absolute atomic E-state index is 0.0277. The molecule has 0 unspecified atom stereocenters. The van der Waals surface area contributed by atoms with E-state index in [0.717, 1.165) is 0 Å². The molecule has 0 atom stereocenters. The Bertz CT molecular complexity index is 1550. The molecule has 4 rings (SSSR count). The molecule has 0 saturated carbocycles. The molecule has 9 nitrogen and oxygen atoms in total. The first-order valence-corrected chi connectivity index (χ1v) is 10.4.